The molecule has 30 heavy (non-hydrogen) atoms. The van der Waals surface area contributed by atoms with Crippen molar-refractivity contribution in [3.05, 3.63) is 60.2 Å². The second kappa shape index (κ2) is 10.2. The van der Waals surface area contributed by atoms with Crippen molar-refractivity contribution in [2.24, 2.45) is 0 Å². The average molecular weight is 409 g/mol. The first kappa shape index (κ1) is 21.7. The quantitative estimate of drug-likeness (QED) is 0.517. The number of Topliss-reactive ketones (excluding diaryl/α,β-unsaturated/α-hetero) is 1. The largest absolute Gasteiger partial charge is 0.456 e. The van der Waals surface area contributed by atoms with Crippen LogP contribution < -0.4 is 0 Å². The number of rotatable bonds is 7. The molecular weight excluding hydrogens is 382 g/mol. The Labute approximate surface area is 176 Å². The molecule has 0 spiro atoms. The Morgan fingerprint density at radius 2 is 1.50 bits per heavy atom. The number of nitrogens with zero attached hydrogens (tertiary/aromatic N) is 1. The molecule has 1 heterocycles. The normalized spacial score (nSPS) is 18.7. The Hall–Kier alpha value is -2.99. The molecule has 1 aliphatic heterocycles. The van der Waals surface area contributed by atoms with Gasteiger partial charge in [0.1, 0.15) is 0 Å². The van der Waals surface area contributed by atoms with E-state index >= 15 is 0 Å². The fourth-order valence-corrected chi connectivity index (χ4v) is 3.53. The van der Waals surface area contributed by atoms with E-state index in [9.17, 15) is 14.4 Å². The molecular formula is C24H27NO5. The molecule has 0 radical (unpaired) electrons. The van der Waals surface area contributed by atoms with E-state index in [1.165, 1.54) is 0 Å². The van der Waals surface area contributed by atoms with Gasteiger partial charge < -0.3 is 14.4 Å². The van der Waals surface area contributed by atoms with E-state index in [4.69, 9.17) is 9.47 Å². The van der Waals surface area contributed by atoms with Crippen LogP contribution in [-0.4, -0.2) is 54.5 Å². The predicted octanol–water partition coefficient (Wildman–Crippen LogP) is 3.50. The number of benzene rings is 2. The second-order valence-corrected chi connectivity index (χ2v) is 7.58. The highest BCUT2D eigenvalue weighted by molar-refractivity contribution is 5.98. The fourth-order valence-electron chi connectivity index (χ4n) is 3.53. The van der Waals surface area contributed by atoms with Crippen molar-refractivity contribution in [3.8, 4) is 11.1 Å². The maximum atomic E-state index is 12.4. The molecule has 2 atom stereocenters. The minimum absolute atomic E-state index is 0.0423. The number of carbonyl (C=O) groups excluding carboxylic acids is 3. The molecule has 0 saturated carbocycles. The van der Waals surface area contributed by atoms with Crippen LogP contribution in [0.4, 0.5) is 0 Å². The van der Waals surface area contributed by atoms with Crippen molar-refractivity contribution in [2.75, 3.05) is 19.7 Å². The van der Waals surface area contributed by atoms with Crippen LogP contribution in [0.25, 0.3) is 11.1 Å². The van der Waals surface area contributed by atoms with Gasteiger partial charge >= 0.3 is 5.97 Å². The summed E-state index contributed by atoms with van der Waals surface area (Å²) in [6.07, 6.45) is -0.0928. The molecule has 2 aromatic rings. The van der Waals surface area contributed by atoms with Gasteiger partial charge in [0, 0.05) is 25.1 Å². The van der Waals surface area contributed by atoms with E-state index in [2.05, 4.69) is 0 Å². The van der Waals surface area contributed by atoms with E-state index in [-0.39, 0.29) is 43.3 Å². The highest BCUT2D eigenvalue weighted by atomic mass is 16.5. The molecule has 1 fully saturated rings. The predicted molar refractivity (Wildman–Crippen MR) is 113 cm³/mol. The lowest BCUT2D eigenvalue weighted by Gasteiger charge is -2.35. The highest BCUT2D eigenvalue weighted by Crippen LogP contribution is 2.20. The summed E-state index contributed by atoms with van der Waals surface area (Å²) in [5.41, 5.74) is 2.65. The van der Waals surface area contributed by atoms with Crippen LogP contribution >= 0.6 is 0 Å². The molecule has 6 heteroatoms. The lowest BCUT2D eigenvalue weighted by atomic mass is 10.0. The third-order valence-electron chi connectivity index (χ3n) is 5.00. The Morgan fingerprint density at radius 1 is 0.900 bits per heavy atom. The summed E-state index contributed by atoms with van der Waals surface area (Å²) in [6, 6.07) is 17.2. The van der Waals surface area contributed by atoms with Crippen molar-refractivity contribution in [2.45, 2.75) is 38.9 Å². The maximum Gasteiger partial charge on any atom is 0.306 e. The molecule has 3 rings (SSSR count). The molecule has 0 aliphatic carbocycles. The smallest absolute Gasteiger partial charge is 0.306 e. The highest BCUT2D eigenvalue weighted by Gasteiger charge is 2.26. The molecule has 1 amide bonds. The zero-order valence-corrected chi connectivity index (χ0v) is 17.4. The van der Waals surface area contributed by atoms with Crippen molar-refractivity contribution in [3.63, 3.8) is 0 Å². The summed E-state index contributed by atoms with van der Waals surface area (Å²) in [7, 11) is 0. The molecule has 0 aromatic heterocycles. The first-order valence-corrected chi connectivity index (χ1v) is 10.2. The molecule has 1 saturated heterocycles. The summed E-state index contributed by atoms with van der Waals surface area (Å²) in [6.45, 7) is 4.47. The summed E-state index contributed by atoms with van der Waals surface area (Å²) in [5.74, 6) is -0.922. The average Bonchev–Trinajstić information content (AvgIpc) is 2.75. The van der Waals surface area contributed by atoms with Crippen LogP contribution in [0.3, 0.4) is 0 Å². The van der Waals surface area contributed by atoms with Crippen LogP contribution in [0, 0.1) is 0 Å². The van der Waals surface area contributed by atoms with Crippen molar-refractivity contribution < 1.29 is 23.9 Å². The standard InChI is InChI=1S/C24H27NO5/c1-17-14-25(15-18(2)30-17)23(27)16-29-24(28)13-12-22(26)21-10-8-20(9-11-21)19-6-4-3-5-7-19/h3-11,17-18H,12-16H2,1-2H3/t17-,18-/m1/s1. The van der Waals surface area contributed by atoms with Gasteiger partial charge in [-0.25, -0.2) is 0 Å². The summed E-state index contributed by atoms with van der Waals surface area (Å²) in [5, 5.41) is 0. The number of hydrogen-bond acceptors (Lipinski definition) is 5. The minimum Gasteiger partial charge on any atom is -0.456 e. The van der Waals surface area contributed by atoms with Crippen LogP contribution in [0.2, 0.25) is 0 Å². The van der Waals surface area contributed by atoms with E-state index in [1.54, 1.807) is 17.0 Å². The van der Waals surface area contributed by atoms with Crippen LogP contribution in [-0.2, 0) is 19.1 Å². The van der Waals surface area contributed by atoms with Gasteiger partial charge in [0.05, 0.1) is 18.6 Å². The van der Waals surface area contributed by atoms with Gasteiger partial charge in [0.2, 0.25) is 0 Å². The van der Waals surface area contributed by atoms with Crippen molar-refractivity contribution >= 4 is 17.7 Å². The topological polar surface area (TPSA) is 72.9 Å². The zero-order valence-electron chi connectivity index (χ0n) is 17.4. The number of morpholine rings is 1. The monoisotopic (exact) mass is 409 g/mol. The molecule has 0 bridgehead atoms. The molecule has 1 aliphatic rings. The number of hydrogen-bond donors (Lipinski definition) is 0. The summed E-state index contributed by atoms with van der Waals surface area (Å²) < 4.78 is 10.7. The number of ketones is 1. The van der Waals surface area contributed by atoms with E-state index in [1.807, 2.05) is 56.3 Å². The Morgan fingerprint density at radius 3 is 2.13 bits per heavy atom. The number of carbonyl (C=O) groups is 3. The minimum atomic E-state index is -0.549. The number of amides is 1. The molecule has 0 unspecified atom stereocenters. The van der Waals surface area contributed by atoms with Gasteiger partial charge in [0.25, 0.3) is 5.91 Å². The van der Waals surface area contributed by atoms with Gasteiger partial charge in [-0.3, -0.25) is 14.4 Å². The first-order valence-electron chi connectivity index (χ1n) is 10.2. The van der Waals surface area contributed by atoms with E-state index in [0.717, 1.165) is 11.1 Å². The van der Waals surface area contributed by atoms with Gasteiger partial charge in [-0.1, -0.05) is 54.6 Å². The summed E-state index contributed by atoms with van der Waals surface area (Å²) >= 11 is 0. The van der Waals surface area contributed by atoms with Gasteiger partial charge in [-0.05, 0) is 25.0 Å². The zero-order chi connectivity index (χ0) is 21.5. The van der Waals surface area contributed by atoms with E-state index in [0.29, 0.717) is 18.7 Å². The Kier molecular flexibility index (Phi) is 7.36. The van der Waals surface area contributed by atoms with Crippen LogP contribution in [0.15, 0.2) is 54.6 Å². The third kappa shape index (κ3) is 6.00. The van der Waals surface area contributed by atoms with Gasteiger partial charge in [0.15, 0.2) is 12.4 Å². The molecule has 6 nitrogen and oxygen atoms in total. The Bertz CT molecular complexity index is 868. The van der Waals surface area contributed by atoms with Crippen LogP contribution in [0.1, 0.15) is 37.0 Å². The lowest BCUT2D eigenvalue weighted by molar-refractivity contribution is -0.157. The molecule has 0 N–H and O–H groups in total. The Balaban J connectivity index is 1.43. The molecule has 158 valence electrons. The third-order valence-corrected chi connectivity index (χ3v) is 5.00. The number of ether oxygens (including phenoxy) is 2. The van der Waals surface area contributed by atoms with E-state index < -0.39 is 5.97 Å². The fraction of sp³-hybridized carbons (Fsp3) is 0.375. The first-order chi connectivity index (χ1) is 14.4. The van der Waals surface area contributed by atoms with Crippen molar-refractivity contribution in [1.82, 2.24) is 4.90 Å². The van der Waals surface area contributed by atoms with Crippen molar-refractivity contribution in [1.29, 1.82) is 0 Å². The SMILES string of the molecule is C[C@@H]1CN(C(=O)COC(=O)CCC(=O)c2ccc(-c3ccccc3)cc2)C[C@@H](C)O1. The summed E-state index contributed by atoms with van der Waals surface area (Å²) in [4.78, 5) is 38.2. The lowest BCUT2D eigenvalue weighted by Crippen LogP contribution is -2.49. The van der Waals surface area contributed by atoms with Crippen LogP contribution in [0.5, 0.6) is 0 Å². The molecule has 2 aromatic carbocycles. The van der Waals surface area contributed by atoms with Gasteiger partial charge in [-0.15, -0.1) is 0 Å². The van der Waals surface area contributed by atoms with Gasteiger partial charge in [-0.2, -0.15) is 0 Å². The second-order valence-electron chi connectivity index (χ2n) is 7.58. The number of esters is 1. The maximum absolute atomic E-state index is 12.4.